The summed E-state index contributed by atoms with van der Waals surface area (Å²) >= 11 is 0. The van der Waals surface area contributed by atoms with Gasteiger partial charge >= 0.3 is 0 Å². The molecule has 2 N–H and O–H groups in total. The lowest BCUT2D eigenvalue weighted by Gasteiger charge is -2.10. The van der Waals surface area contributed by atoms with Crippen LogP contribution in [0.4, 0.5) is 0 Å². The van der Waals surface area contributed by atoms with Crippen LogP contribution in [0.2, 0.25) is 0 Å². The third kappa shape index (κ3) is 4.09. The summed E-state index contributed by atoms with van der Waals surface area (Å²) in [5.74, 6) is 0.136. The van der Waals surface area contributed by atoms with Crippen LogP contribution in [0.3, 0.4) is 0 Å². The Morgan fingerprint density at radius 1 is 1.44 bits per heavy atom. The van der Waals surface area contributed by atoms with Gasteiger partial charge in [-0.1, -0.05) is 6.92 Å². The molecule has 0 radical (unpaired) electrons. The summed E-state index contributed by atoms with van der Waals surface area (Å²) in [6, 6.07) is 0. The van der Waals surface area contributed by atoms with Crippen LogP contribution in [-0.2, 0) is 14.6 Å². The number of carbonyl (C=O) groups excluding carboxylic acids is 1. The molecule has 1 aliphatic rings. The third-order valence-electron chi connectivity index (χ3n) is 2.70. The van der Waals surface area contributed by atoms with Gasteiger partial charge in [0.25, 0.3) is 0 Å². The van der Waals surface area contributed by atoms with Crippen molar-refractivity contribution >= 4 is 15.7 Å². The molecule has 1 unspecified atom stereocenters. The van der Waals surface area contributed by atoms with Crippen LogP contribution in [0, 0.1) is 0 Å². The average Bonchev–Trinajstić information content (AvgIpc) is 2.55. The highest BCUT2D eigenvalue weighted by Gasteiger charge is 2.31. The fourth-order valence-corrected chi connectivity index (χ4v) is 3.52. The molecule has 0 aromatic rings. The first-order valence-corrected chi connectivity index (χ1v) is 7.47. The molecule has 0 bridgehead atoms. The molecule has 0 aliphatic carbocycles. The molecule has 1 atom stereocenters. The smallest absolute Gasteiger partial charge is 0.233 e. The first-order chi connectivity index (χ1) is 7.56. The quantitative estimate of drug-likeness (QED) is 0.632. The number of carbonyl (C=O) groups is 1. The van der Waals surface area contributed by atoms with E-state index in [1.54, 1.807) is 0 Å². The average molecular weight is 248 g/mol. The summed E-state index contributed by atoms with van der Waals surface area (Å²) in [4.78, 5) is 11.3. The molecule has 5 nitrogen and oxygen atoms in total. The molecule has 1 saturated heterocycles. The molecule has 0 spiro atoms. The van der Waals surface area contributed by atoms with E-state index in [2.05, 4.69) is 10.6 Å². The Hall–Kier alpha value is -0.620. The topological polar surface area (TPSA) is 75.3 Å². The predicted octanol–water partition coefficient (Wildman–Crippen LogP) is -0.321. The maximum atomic E-state index is 11.5. The summed E-state index contributed by atoms with van der Waals surface area (Å²) in [7, 11) is -2.94. The van der Waals surface area contributed by atoms with E-state index >= 15 is 0 Å². The zero-order valence-electron chi connectivity index (χ0n) is 9.66. The standard InChI is InChI=1S/C10H20N2O3S/c1-2-5-11-8-10(13)12-7-9-4-3-6-16(9,14)15/h9,11H,2-8H2,1H3,(H,12,13). The van der Waals surface area contributed by atoms with Crippen molar-refractivity contribution in [1.82, 2.24) is 10.6 Å². The first-order valence-electron chi connectivity index (χ1n) is 5.75. The van der Waals surface area contributed by atoms with Crippen LogP contribution in [0.1, 0.15) is 26.2 Å². The zero-order valence-corrected chi connectivity index (χ0v) is 10.5. The maximum absolute atomic E-state index is 11.5. The Kier molecular flexibility index (Phi) is 5.21. The van der Waals surface area contributed by atoms with E-state index in [1.807, 2.05) is 6.92 Å². The molecule has 1 amide bonds. The number of sulfone groups is 1. The van der Waals surface area contributed by atoms with Gasteiger partial charge in [0.1, 0.15) is 0 Å². The predicted molar refractivity (Wildman–Crippen MR) is 63.0 cm³/mol. The summed E-state index contributed by atoms with van der Waals surface area (Å²) in [6.45, 7) is 3.35. The minimum absolute atomic E-state index is 0.129. The monoisotopic (exact) mass is 248 g/mol. The normalized spacial score (nSPS) is 23.2. The molecule has 1 heterocycles. The zero-order chi connectivity index (χ0) is 12.0. The van der Waals surface area contributed by atoms with Crippen molar-refractivity contribution in [3.8, 4) is 0 Å². The second-order valence-corrected chi connectivity index (χ2v) is 6.51. The van der Waals surface area contributed by atoms with Gasteiger partial charge in [-0.05, 0) is 25.8 Å². The summed E-state index contributed by atoms with van der Waals surface area (Å²) in [5, 5.41) is 5.26. The molecule has 1 rings (SSSR count). The van der Waals surface area contributed by atoms with E-state index in [1.165, 1.54) is 0 Å². The minimum atomic E-state index is -2.94. The molecule has 1 aliphatic heterocycles. The van der Waals surface area contributed by atoms with Gasteiger partial charge in [-0.3, -0.25) is 4.79 Å². The van der Waals surface area contributed by atoms with Crippen molar-refractivity contribution in [3.05, 3.63) is 0 Å². The van der Waals surface area contributed by atoms with Crippen LogP contribution < -0.4 is 10.6 Å². The van der Waals surface area contributed by atoms with E-state index in [0.29, 0.717) is 6.42 Å². The molecular formula is C10H20N2O3S. The van der Waals surface area contributed by atoms with Crippen LogP contribution in [-0.4, -0.2) is 45.0 Å². The van der Waals surface area contributed by atoms with Gasteiger partial charge in [0.15, 0.2) is 9.84 Å². The SMILES string of the molecule is CCCNCC(=O)NCC1CCCS1(=O)=O. The molecule has 6 heteroatoms. The molecule has 1 fully saturated rings. The van der Waals surface area contributed by atoms with Crippen molar-refractivity contribution in [1.29, 1.82) is 0 Å². The maximum Gasteiger partial charge on any atom is 0.233 e. The van der Waals surface area contributed by atoms with Crippen molar-refractivity contribution in [2.75, 3.05) is 25.4 Å². The lowest BCUT2D eigenvalue weighted by atomic mass is 10.2. The lowest BCUT2D eigenvalue weighted by molar-refractivity contribution is -0.120. The van der Waals surface area contributed by atoms with Gasteiger partial charge in [0.2, 0.25) is 5.91 Å². The van der Waals surface area contributed by atoms with E-state index in [0.717, 1.165) is 19.4 Å². The summed E-state index contributed by atoms with van der Waals surface area (Å²) < 4.78 is 22.9. The van der Waals surface area contributed by atoms with Crippen molar-refractivity contribution in [3.63, 3.8) is 0 Å². The van der Waals surface area contributed by atoms with Gasteiger partial charge in [0, 0.05) is 6.54 Å². The van der Waals surface area contributed by atoms with Crippen LogP contribution >= 0.6 is 0 Å². The second kappa shape index (κ2) is 6.20. The van der Waals surface area contributed by atoms with Gasteiger partial charge in [-0.25, -0.2) is 8.42 Å². The highest BCUT2D eigenvalue weighted by atomic mass is 32.2. The molecule has 94 valence electrons. The molecule has 0 aromatic heterocycles. The third-order valence-corrected chi connectivity index (χ3v) is 4.98. The van der Waals surface area contributed by atoms with Crippen molar-refractivity contribution in [2.45, 2.75) is 31.4 Å². The largest absolute Gasteiger partial charge is 0.354 e. The Labute approximate surface area is 96.9 Å². The minimum Gasteiger partial charge on any atom is -0.354 e. The van der Waals surface area contributed by atoms with Crippen molar-refractivity contribution in [2.24, 2.45) is 0 Å². The van der Waals surface area contributed by atoms with Gasteiger partial charge in [0.05, 0.1) is 17.5 Å². The van der Waals surface area contributed by atoms with E-state index < -0.39 is 9.84 Å². The summed E-state index contributed by atoms with van der Waals surface area (Å²) in [6.07, 6.45) is 2.37. The molecule has 16 heavy (non-hydrogen) atoms. The van der Waals surface area contributed by atoms with Gasteiger partial charge in [-0.2, -0.15) is 0 Å². The molecule has 0 saturated carbocycles. The second-order valence-electron chi connectivity index (χ2n) is 4.11. The number of rotatable bonds is 6. The number of hydrogen-bond donors (Lipinski definition) is 2. The Balaban J connectivity index is 2.21. The highest BCUT2D eigenvalue weighted by Crippen LogP contribution is 2.18. The fourth-order valence-electron chi connectivity index (χ4n) is 1.76. The van der Waals surface area contributed by atoms with E-state index in [-0.39, 0.29) is 30.0 Å². The van der Waals surface area contributed by atoms with E-state index in [4.69, 9.17) is 0 Å². The Morgan fingerprint density at radius 3 is 2.75 bits per heavy atom. The lowest BCUT2D eigenvalue weighted by Crippen LogP contribution is -2.39. The highest BCUT2D eigenvalue weighted by molar-refractivity contribution is 7.92. The molecule has 0 aromatic carbocycles. The first kappa shape index (κ1) is 13.4. The Morgan fingerprint density at radius 2 is 2.19 bits per heavy atom. The molecular weight excluding hydrogens is 228 g/mol. The van der Waals surface area contributed by atoms with Crippen LogP contribution in [0.15, 0.2) is 0 Å². The van der Waals surface area contributed by atoms with Crippen LogP contribution in [0.5, 0.6) is 0 Å². The van der Waals surface area contributed by atoms with Crippen LogP contribution in [0.25, 0.3) is 0 Å². The van der Waals surface area contributed by atoms with E-state index in [9.17, 15) is 13.2 Å². The number of nitrogens with one attached hydrogen (secondary N) is 2. The van der Waals surface area contributed by atoms with Gasteiger partial charge in [-0.15, -0.1) is 0 Å². The summed E-state index contributed by atoms with van der Waals surface area (Å²) in [5.41, 5.74) is 0. The Bertz CT molecular complexity index is 327. The fraction of sp³-hybridized carbons (Fsp3) is 0.900. The van der Waals surface area contributed by atoms with Gasteiger partial charge < -0.3 is 10.6 Å². The number of hydrogen-bond acceptors (Lipinski definition) is 4. The van der Waals surface area contributed by atoms with Crippen molar-refractivity contribution < 1.29 is 13.2 Å². The number of amides is 1.